The van der Waals surface area contributed by atoms with Gasteiger partial charge in [0.1, 0.15) is 5.75 Å². The van der Waals surface area contributed by atoms with Crippen LogP contribution in [0.1, 0.15) is 48.5 Å². The Hall–Kier alpha value is -3.75. The lowest BCUT2D eigenvalue weighted by molar-refractivity contribution is -0.384. The summed E-state index contributed by atoms with van der Waals surface area (Å²) in [6.45, 7) is 2.59. The van der Waals surface area contributed by atoms with Crippen molar-refractivity contribution in [2.24, 2.45) is 0 Å². The van der Waals surface area contributed by atoms with Gasteiger partial charge in [0.05, 0.1) is 18.0 Å². The third-order valence-corrected chi connectivity index (χ3v) is 5.26. The minimum Gasteiger partial charge on any atom is -0.494 e. The number of ketones is 1. The lowest BCUT2D eigenvalue weighted by atomic mass is 10.0. The number of amides is 1. The molecule has 0 fully saturated rings. The Morgan fingerprint density at radius 1 is 1.09 bits per heavy atom. The van der Waals surface area contributed by atoms with Crippen LogP contribution >= 0.6 is 0 Å². The zero-order chi connectivity index (χ0) is 23.8. The largest absolute Gasteiger partial charge is 0.494 e. The highest BCUT2D eigenvalue weighted by Crippen LogP contribution is 2.30. The van der Waals surface area contributed by atoms with Crippen LogP contribution in [0.5, 0.6) is 5.75 Å². The predicted octanol–water partition coefficient (Wildman–Crippen LogP) is 3.87. The summed E-state index contributed by atoms with van der Waals surface area (Å²) in [5.41, 5.74) is 1.75. The Balaban J connectivity index is 1.48. The maximum atomic E-state index is 12.6. The zero-order valence-corrected chi connectivity index (χ0v) is 18.5. The van der Waals surface area contributed by atoms with Crippen LogP contribution in [0.2, 0.25) is 0 Å². The van der Waals surface area contributed by atoms with E-state index >= 15 is 0 Å². The van der Waals surface area contributed by atoms with E-state index in [9.17, 15) is 24.5 Å². The number of carbonyl (C=O) groups excluding carboxylic acids is 3. The number of nitrogens with zero attached hydrogens (tertiary/aromatic N) is 2. The average molecular weight is 454 g/mol. The summed E-state index contributed by atoms with van der Waals surface area (Å²) in [5.74, 6) is -0.570. The Morgan fingerprint density at radius 3 is 2.55 bits per heavy atom. The number of hydrogen-bond donors (Lipinski definition) is 0. The quantitative estimate of drug-likeness (QED) is 0.232. The summed E-state index contributed by atoms with van der Waals surface area (Å²) < 4.78 is 10.6. The van der Waals surface area contributed by atoms with E-state index in [1.165, 1.54) is 17.0 Å². The van der Waals surface area contributed by atoms with E-state index in [1.54, 1.807) is 30.3 Å². The van der Waals surface area contributed by atoms with E-state index < -0.39 is 23.4 Å². The first-order valence-corrected chi connectivity index (χ1v) is 10.9. The SMILES string of the molecule is CCCOc1ccc(C(=O)CCC(=O)OCC(=O)N2CCCc3cc([N+](=O)[O-])ccc32)cc1. The molecule has 0 atom stereocenters. The van der Waals surface area contributed by atoms with Gasteiger partial charge in [-0.3, -0.25) is 24.5 Å². The molecule has 0 radical (unpaired) electrons. The molecule has 2 aromatic carbocycles. The molecule has 0 saturated carbocycles. The van der Waals surface area contributed by atoms with Gasteiger partial charge in [-0.25, -0.2) is 0 Å². The molecule has 0 spiro atoms. The molecule has 33 heavy (non-hydrogen) atoms. The van der Waals surface area contributed by atoms with Crippen LogP contribution in [-0.2, 0) is 20.7 Å². The van der Waals surface area contributed by atoms with Crippen molar-refractivity contribution in [3.8, 4) is 5.75 Å². The molecule has 9 heteroatoms. The van der Waals surface area contributed by atoms with Crippen LogP contribution in [0.15, 0.2) is 42.5 Å². The molecular weight excluding hydrogens is 428 g/mol. The summed E-state index contributed by atoms with van der Waals surface area (Å²) >= 11 is 0. The molecule has 1 aliphatic heterocycles. The third kappa shape index (κ3) is 6.38. The van der Waals surface area contributed by atoms with Gasteiger partial charge in [0.25, 0.3) is 11.6 Å². The fraction of sp³-hybridized carbons (Fsp3) is 0.375. The monoisotopic (exact) mass is 454 g/mol. The number of anilines is 1. The molecule has 0 bridgehead atoms. The van der Waals surface area contributed by atoms with Crippen LogP contribution in [0, 0.1) is 10.1 Å². The number of aryl methyl sites for hydroxylation is 1. The van der Waals surface area contributed by atoms with Crippen molar-refractivity contribution < 1.29 is 28.8 Å². The molecule has 2 aromatic rings. The highest BCUT2D eigenvalue weighted by atomic mass is 16.6. The van der Waals surface area contributed by atoms with Gasteiger partial charge in [-0.15, -0.1) is 0 Å². The Bertz CT molecular complexity index is 1030. The smallest absolute Gasteiger partial charge is 0.306 e. The zero-order valence-electron chi connectivity index (χ0n) is 18.5. The van der Waals surface area contributed by atoms with E-state index in [0.717, 1.165) is 6.42 Å². The second kappa shape index (κ2) is 11.2. The van der Waals surface area contributed by atoms with E-state index in [4.69, 9.17) is 9.47 Å². The number of non-ortho nitro benzene ring substituents is 1. The molecule has 0 aliphatic carbocycles. The number of hydrogen-bond acceptors (Lipinski definition) is 7. The van der Waals surface area contributed by atoms with Crippen molar-refractivity contribution in [1.29, 1.82) is 0 Å². The molecule has 1 amide bonds. The number of carbonyl (C=O) groups is 3. The Kier molecular flexibility index (Phi) is 8.12. The maximum absolute atomic E-state index is 12.6. The highest BCUT2D eigenvalue weighted by molar-refractivity contribution is 5.98. The van der Waals surface area contributed by atoms with Crippen LogP contribution in [0.4, 0.5) is 11.4 Å². The first-order chi connectivity index (χ1) is 15.9. The summed E-state index contributed by atoms with van der Waals surface area (Å²) in [4.78, 5) is 48.9. The Labute approximate surface area is 191 Å². The standard InChI is InChI=1S/C24H26N2O7/c1-2-14-32-20-8-5-17(6-9-20)22(27)11-12-24(29)33-16-23(28)25-13-3-4-18-15-19(26(30)31)7-10-21(18)25/h5-10,15H,2-4,11-14,16H2,1H3. The molecule has 0 N–H and O–H groups in total. The number of rotatable bonds is 10. The van der Waals surface area contributed by atoms with Gasteiger partial charge >= 0.3 is 5.97 Å². The molecular formula is C24H26N2O7. The summed E-state index contributed by atoms with van der Waals surface area (Å²) in [7, 11) is 0. The maximum Gasteiger partial charge on any atom is 0.306 e. The predicted molar refractivity (Wildman–Crippen MR) is 121 cm³/mol. The van der Waals surface area contributed by atoms with Crippen molar-refractivity contribution in [1.82, 2.24) is 0 Å². The lowest BCUT2D eigenvalue weighted by Crippen LogP contribution is -2.38. The molecule has 1 aliphatic rings. The number of nitro benzene ring substituents is 1. The lowest BCUT2D eigenvalue weighted by Gasteiger charge is -2.29. The number of Topliss-reactive ketones (excluding diaryl/α,β-unsaturated/α-hetero) is 1. The number of benzene rings is 2. The Morgan fingerprint density at radius 2 is 1.85 bits per heavy atom. The fourth-order valence-corrected chi connectivity index (χ4v) is 3.57. The molecule has 0 unspecified atom stereocenters. The van der Waals surface area contributed by atoms with Crippen LogP contribution in [-0.4, -0.2) is 42.3 Å². The van der Waals surface area contributed by atoms with Gasteiger partial charge in [-0.1, -0.05) is 6.92 Å². The van der Waals surface area contributed by atoms with E-state index in [0.29, 0.717) is 48.6 Å². The minimum atomic E-state index is -0.638. The van der Waals surface area contributed by atoms with Gasteiger partial charge in [-0.2, -0.15) is 0 Å². The van der Waals surface area contributed by atoms with Gasteiger partial charge < -0.3 is 14.4 Å². The molecule has 0 saturated heterocycles. The minimum absolute atomic E-state index is 0.0257. The van der Waals surface area contributed by atoms with Crippen molar-refractivity contribution in [2.45, 2.75) is 39.0 Å². The van der Waals surface area contributed by atoms with Gasteiger partial charge in [0.2, 0.25) is 0 Å². The van der Waals surface area contributed by atoms with Crippen molar-refractivity contribution in [2.75, 3.05) is 24.7 Å². The summed E-state index contributed by atoms with van der Waals surface area (Å²) in [5, 5.41) is 11.0. The number of ether oxygens (including phenoxy) is 2. The second-order valence-corrected chi connectivity index (χ2v) is 7.68. The van der Waals surface area contributed by atoms with Crippen LogP contribution in [0.25, 0.3) is 0 Å². The number of esters is 1. The van der Waals surface area contributed by atoms with Crippen LogP contribution in [0.3, 0.4) is 0 Å². The molecule has 1 heterocycles. The van der Waals surface area contributed by atoms with Gasteiger partial charge in [0.15, 0.2) is 12.4 Å². The van der Waals surface area contributed by atoms with Gasteiger partial charge in [0, 0.05) is 36.3 Å². The van der Waals surface area contributed by atoms with Gasteiger partial charge in [-0.05, 0) is 55.2 Å². The van der Waals surface area contributed by atoms with Crippen LogP contribution < -0.4 is 9.64 Å². The summed E-state index contributed by atoms with van der Waals surface area (Å²) in [6.07, 6.45) is 2.01. The van der Waals surface area contributed by atoms with Crippen molar-refractivity contribution in [3.63, 3.8) is 0 Å². The first-order valence-electron chi connectivity index (χ1n) is 10.9. The summed E-state index contributed by atoms with van der Waals surface area (Å²) in [6, 6.07) is 11.1. The third-order valence-electron chi connectivity index (χ3n) is 5.26. The van der Waals surface area contributed by atoms with E-state index in [1.807, 2.05) is 6.92 Å². The molecule has 0 aromatic heterocycles. The van der Waals surface area contributed by atoms with E-state index in [2.05, 4.69) is 0 Å². The molecule has 3 rings (SSSR count). The molecule has 174 valence electrons. The van der Waals surface area contributed by atoms with Crippen molar-refractivity contribution in [3.05, 3.63) is 63.7 Å². The number of nitro groups is 1. The van der Waals surface area contributed by atoms with Crippen molar-refractivity contribution >= 4 is 29.0 Å². The molecule has 9 nitrogen and oxygen atoms in total. The fourth-order valence-electron chi connectivity index (χ4n) is 3.57. The number of fused-ring (bicyclic) bond motifs is 1. The average Bonchev–Trinajstić information content (AvgIpc) is 2.84. The highest BCUT2D eigenvalue weighted by Gasteiger charge is 2.25. The van der Waals surface area contributed by atoms with E-state index in [-0.39, 0.29) is 24.3 Å². The second-order valence-electron chi connectivity index (χ2n) is 7.68. The topological polar surface area (TPSA) is 116 Å². The normalized spacial score (nSPS) is 12.6. The first kappa shape index (κ1) is 23.9.